The summed E-state index contributed by atoms with van der Waals surface area (Å²) in [5, 5.41) is 4.86. The zero-order chi connectivity index (χ0) is 25.3. The third-order valence-electron chi connectivity index (χ3n) is 7.36. The maximum absolute atomic E-state index is 13.8. The highest BCUT2D eigenvalue weighted by atomic mass is 35.5. The first-order chi connectivity index (χ1) is 15.8. The van der Waals surface area contributed by atoms with Crippen LogP contribution in [0.3, 0.4) is 0 Å². The van der Waals surface area contributed by atoms with Gasteiger partial charge >= 0.3 is 11.9 Å². The standard InChI is InChI=1S/C27H44N2O4S.ClH/c1-16(2)14-27(25(31)33-26(6,7)8)15-20(22(29-27)23-28-11-12-34-23)24(30)32-21-13-18(5)9-10-19(21)17(3)4;/h11-12,16-22,29H,9-10,13-15H2,1-8H3;1H/t18-,19+,20+,21?,22-,27+;/m1./s1. The lowest BCUT2D eigenvalue weighted by Crippen LogP contribution is -3.00. The molecule has 200 valence electrons. The lowest BCUT2D eigenvalue weighted by atomic mass is 9.75. The first-order valence-electron chi connectivity index (χ1n) is 13.0. The van der Waals surface area contributed by atoms with Gasteiger partial charge in [0.25, 0.3) is 0 Å². The fourth-order valence-electron chi connectivity index (χ4n) is 5.90. The predicted molar refractivity (Wildman–Crippen MR) is 134 cm³/mol. The van der Waals surface area contributed by atoms with Gasteiger partial charge in [-0.25, -0.2) is 9.78 Å². The topological polar surface area (TPSA) is 82.1 Å². The van der Waals surface area contributed by atoms with Crippen LogP contribution in [0.15, 0.2) is 11.6 Å². The Morgan fingerprint density at radius 1 is 1.23 bits per heavy atom. The highest BCUT2D eigenvalue weighted by molar-refractivity contribution is 7.09. The van der Waals surface area contributed by atoms with Crippen LogP contribution in [0, 0.1) is 29.6 Å². The lowest BCUT2D eigenvalue weighted by Gasteiger charge is -2.37. The van der Waals surface area contributed by atoms with Gasteiger partial charge in [-0.3, -0.25) is 4.79 Å². The van der Waals surface area contributed by atoms with Crippen molar-refractivity contribution in [1.29, 1.82) is 0 Å². The number of thiazole rings is 1. The van der Waals surface area contributed by atoms with E-state index in [2.05, 4.69) is 44.9 Å². The molecule has 1 aromatic rings. The smallest absolute Gasteiger partial charge is 0.368 e. The number of esters is 2. The van der Waals surface area contributed by atoms with Gasteiger partial charge in [0.1, 0.15) is 17.6 Å². The molecule has 2 N–H and O–H groups in total. The molecule has 6 nitrogen and oxygen atoms in total. The van der Waals surface area contributed by atoms with Crippen LogP contribution >= 0.6 is 11.3 Å². The Morgan fingerprint density at radius 3 is 2.46 bits per heavy atom. The van der Waals surface area contributed by atoms with Crippen LogP contribution in [-0.4, -0.2) is 34.2 Å². The Morgan fingerprint density at radius 2 is 1.91 bits per heavy atom. The molecule has 35 heavy (non-hydrogen) atoms. The van der Waals surface area contributed by atoms with E-state index in [4.69, 9.17) is 9.47 Å². The third kappa shape index (κ3) is 7.42. The van der Waals surface area contributed by atoms with E-state index in [1.165, 1.54) is 17.8 Å². The first-order valence-corrected chi connectivity index (χ1v) is 13.9. The quantitative estimate of drug-likeness (QED) is 0.547. The van der Waals surface area contributed by atoms with Crippen molar-refractivity contribution in [2.24, 2.45) is 29.6 Å². The summed E-state index contributed by atoms with van der Waals surface area (Å²) in [6.07, 6.45) is 5.96. The molecule has 0 amide bonds. The zero-order valence-electron chi connectivity index (χ0n) is 22.7. The number of carbonyl (C=O) groups is 2. The minimum absolute atomic E-state index is 0. The number of quaternary nitrogens is 1. The largest absolute Gasteiger partial charge is 1.00 e. The van der Waals surface area contributed by atoms with E-state index in [9.17, 15) is 9.59 Å². The molecule has 1 aliphatic heterocycles. The molecule has 3 rings (SSSR count). The molecule has 6 atom stereocenters. The molecular formula is C27H45ClN2O4S. The summed E-state index contributed by atoms with van der Waals surface area (Å²) in [7, 11) is 0. The molecule has 1 saturated carbocycles. The molecule has 2 fully saturated rings. The van der Waals surface area contributed by atoms with Crippen LogP contribution in [0.5, 0.6) is 0 Å². The van der Waals surface area contributed by atoms with Gasteiger partial charge in [0.05, 0.1) is 0 Å². The van der Waals surface area contributed by atoms with E-state index in [0.29, 0.717) is 30.6 Å². The second kappa shape index (κ2) is 11.9. The Labute approximate surface area is 221 Å². The van der Waals surface area contributed by atoms with E-state index in [0.717, 1.165) is 17.8 Å². The number of carbonyl (C=O) groups excluding carboxylic acids is 2. The number of ether oxygens (including phenoxy) is 2. The van der Waals surface area contributed by atoms with Gasteiger partial charge in [0.2, 0.25) is 0 Å². The Hall–Kier alpha value is -1.18. The van der Waals surface area contributed by atoms with Crippen molar-refractivity contribution in [3.63, 3.8) is 0 Å². The van der Waals surface area contributed by atoms with E-state index < -0.39 is 17.1 Å². The molecule has 0 bridgehead atoms. The minimum Gasteiger partial charge on any atom is -1.00 e. The summed E-state index contributed by atoms with van der Waals surface area (Å²) in [5.41, 5.74) is -1.41. The molecule has 8 heteroatoms. The van der Waals surface area contributed by atoms with Crippen molar-refractivity contribution < 1.29 is 36.8 Å². The Bertz CT molecular complexity index is 839. The van der Waals surface area contributed by atoms with Gasteiger partial charge in [0.15, 0.2) is 16.6 Å². The number of halogens is 1. The number of hydrogen-bond donors (Lipinski definition) is 1. The van der Waals surface area contributed by atoms with Gasteiger partial charge in [-0.05, 0) is 57.3 Å². The fourth-order valence-corrected chi connectivity index (χ4v) is 6.67. The van der Waals surface area contributed by atoms with E-state index in [-0.39, 0.29) is 42.4 Å². The van der Waals surface area contributed by atoms with Gasteiger partial charge in [-0.15, -0.1) is 11.3 Å². The van der Waals surface area contributed by atoms with E-state index in [1.807, 2.05) is 26.2 Å². The number of aromatic nitrogens is 1. The van der Waals surface area contributed by atoms with Gasteiger partial charge in [-0.2, -0.15) is 0 Å². The number of nitrogens with zero attached hydrogens (tertiary/aromatic N) is 1. The van der Waals surface area contributed by atoms with E-state index >= 15 is 0 Å². The van der Waals surface area contributed by atoms with Crippen molar-refractivity contribution in [1.82, 2.24) is 4.98 Å². The first kappa shape index (κ1) is 30.0. The normalized spacial score (nSPS) is 31.3. The highest BCUT2D eigenvalue weighted by Gasteiger charge is 2.60. The number of hydrogen-bond acceptors (Lipinski definition) is 6. The molecule has 0 radical (unpaired) electrons. The van der Waals surface area contributed by atoms with E-state index in [1.54, 1.807) is 6.20 Å². The number of nitrogens with two attached hydrogens (primary N) is 1. The summed E-state index contributed by atoms with van der Waals surface area (Å²) < 4.78 is 12.2. The summed E-state index contributed by atoms with van der Waals surface area (Å²) in [4.78, 5) is 31.9. The average Bonchev–Trinajstić information content (AvgIpc) is 3.34. The highest BCUT2D eigenvalue weighted by Crippen LogP contribution is 2.40. The van der Waals surface area contributed by atoms with Crippen LogP contribution in [0.25, 0.3) is 0 Å². The summed E-state index contributed by atoms with van der Waals surface area (Å²) in [6.45, 7) is 16.6. The number of rotatable bonds is 7. The van der Waals surface area contributed by atoms with Crippen molar-refractivity contribution in [3.8, 4) is 0 Å². The predicted octanol–water partition coefficient (Wildman–Crippen LogP) is 1.90. The molecule has 0 spiro atoms. The molecule has 1 aromatic heterocycles. The third-order valence-corrected chi connectivity index (χ3v) is 8.24. The molecule has 1 unspecified atom stereocenters. The van der Waals surface area contributed by atoms with Crippen molar-refractivity contribution in [3.05, 3.63) is 16.6 Å². The van der Waals surface area contributed by atoms with Crippen LogP contribution in [0.2, 0.25) is 0 Å². The van der Waals surface area contributed by atoms with Gasteiger partial charge < -0.3 is 27.2 Å². The van der Waals surface area contributed by atoms with Gasteiger partial charge in [0, 0.05) is 24.4 Å². The monoisotopic (exact) mass is 528 g/mol. The average molecular weight is 529 g/mol. The zero-order valence-corrected chi connectivity index (χ0v) is 24.2. The fraction of sp³-hybridized carbons (Fsp3) is 0.815. The maximum atomic E-state index is 13.8. The van der Waals surface area contributed by atoms with Crippen LogP contribution in [0.1, 0.15) is 98.5 Å². The molecule has 1 aliphatic carbocycles. The maximum Gasteiger partial charge on any atom is 0.368 e. The Kier molecular flexibility index (Phi) is 10.2. The Balaban J connectivity index is 0.00000432. The second-order valence-corrected chi connectivity index (χ2v) is 13.4. The molecular weight excluding hydrogens is 484 g/mol. The van der Waals surface area contributed by atoms with Crippen molar-refractivity contribution in [2.75, 3.05) is 0 Å². The van der Waals surface area contributed by atoms with Gasteiger partial charge in [-0.1, -0.05) is 41.0 Å². The second-order valence-electron chi connectivity index (χ2n) is 12.4. The summed E-state index contributed by atoms with van der Waals surface area (Å²) >= 11 is 1.54. The molecule has 1 saturated heterocycles. The van der Waals surface area contributed by atoms with Crippen molar-refractivity contribution in [2.45, 2.75) is 111 Å². The SMILES string of the molecule is CC(C)C[C@@]1(C(=O)OC(C)(C)C)C[C@H](C(=O)OC2C[C@H](C)CC[C@H]2C(C)C)[C@H](c2nccs2)[NH2+]1.[Cl-]. The summed E-state index contributed by atoms with van der Waals surface area (Å²) in [5.74, 6) is 0.835. The summed E-state index contributed by atoms with van der Waals surface area (Å²) in [6, 6.07) is -0.239. The molecule has 0 aromatic carbocycles. The van der Waals surface area contributed by atoms with Crippen molar-refractivity contribution >= 4 is 23.3 Å². The van der Waals surface area contributed by atoms with Crippen LogP contribution in [0.4, 0.5) is 0 Å². The lowest BCUT2D eigenvalue weighted by molar-refractivity contribution is -0.733. The van der Waals surface area contributed by atoms with Crippen LogP contribution in [-0.2, 0) is 19.1 Å². The molecule has 2 aliphatic rings. The minimum atomic E-state index is -0.821. The molecule has 2 heterocycles. The van der Waals surface area contributed by atoms with Crippen LogP contribution < -0.4 is 17.7 Å².